The normalized spacial score (nSPS) is 14.6. The van der Waals surface area contributed by atoms with Crippen LogP contribution in [0.15, 0.2) is 72.1 Å². The Bertz CT molecular complexity index is 1430. The number of aromatic nitrogens is 5. The van der Waals surface area contributed by atoms with Crippen molar-refractivity contribution in [2.75, 3.05) is 31.2 Å². The van der Waals surface area contributed by atoms with Crippen molar-refractivity contribution >= 4 is 28.6 Å². The molecule has 0 spiro atoms. The number of ether oxygens (including phenoxy) is 1. The van der Waals surface area contributed by atoms with E-state index < -0.39 is 0 Å². The zero-order valence-electron chi connectivity index (χ0n) is 18.1. The zero-order valence-corrected chi connectivity index (χ0v) is 18.1. The minimum absolute atomic E-state index is 0.489. The van der Waals surface area contributed by atoms with E-state index in [9.17, 15) is 0 Å². The fourth-order valence-electron chi connectivity index (χ4n) is 4.21. The van der Waals surface area contributed by atoms with E-state index in [2.05, 4.69) is 33.1 Å². The predicted octanol–water partition coefficient (Wildman–Crippen LogP) is 3.73. The van der Waals surface area contributed by atoms with Gasteiger partial charge in [-0.15, -0.1) is 0 Å². The number of hydrogen-bond acceptors (Lipinski definition) is 6. The molecule has 0 atom stereocenters. The number of fused-ring (bicyclic) bond motifs is 2. The molecule has 1 aromatic carbocycles. The topological polar surface area (TPSA) is 83.7 Å². The lowest BCUT2D eigenvalue weighted by molar-refractivity contribution is 0.122. The SMILES string of the molecule is C(=NCc1cc(N2CCOCC2)n2nc(-c3ccncc3)cc2n1)c1c[nH]c2ccccc12. The molecule has 1 saturated heterocycles. The monoisotopic (exact) mass is 437 g/mol. The van der Waals surface area contributed by atoms with Crippen LogP contribution in [0, 0.1) is 0 Å². The lowest BCUT2D eigenvalue weighted by Gasteiger charge is -2.29. The van der Waals surface area contributed by atoms with Gasteiger partial charge in [-0.25, -0.2) is 4.98 Å². The van der Waals surface area contributed by atoms with Gasteiger partial charge in [-0.05, 0) is 18.2 Å². The molecule has 164 valence electrons. The van der Waals surface area contributed by atoms with Crippen LogP contribution in [0.25, 0.3) is 27.8 Å². The maximum absolute atomic E-state index is 5.56. The Morgan fingerprint density at radius 2 is 1.91 bits per heavy atom. The lowest BCUT2D eigenvalue weighted by Crippen LogP contribution is -2.37. The molecule has 0 amide bonds. The van der Waals surface area contributed by atoms with Gasteiger partial charge in [0.15, 0.2) is 5.65 Å². The standard InChI is InChI=1S/C25H23N7O/c1-2-4-22-21(3-1)19(16-28-22)15-27-17-20-13-25(31-9-11-33-12-10-31)32-24(29-20)14-23(30-32)18-5-7-26-8-6-18/h1-8,13-16,28H,9-12,17H2. The van der Waals surface area contributed by atoms with Gasteiger partial charge in [0.05, 0.1) is 31.1 Å². The molecule has 1 fully saturated rings. The van der Waals surface area contributed by atoms with Crippen LogP contribution < -0.4 is 4.90 Å². The van der Waals surface area contributed by atoms with Gasteiger partial charge in [-0.2, -0.15) is 9.61 Å². The number of para-hydroxylation sites is 1. The van der Waals surface area contributed by atoms with Crippen molar-refractivity contribution in [3.63, 3.8) is 0 Å². The van der Waals surface area contributed by atoms with Gasteiger partial charge in [0, 0.05) is 72.1 Å². The molecule has 33 heavy (non-hydrogen) atoms. The summed E-state index contributed by atoms with van der Waals surface area (Å²) in [6.45, 7) is 3.54. The molecule has 0 saturated carbocycles. The Kier molecular flexibility index (Phi) is 5.04. The Morgan fingerprint density at radius 1 is 1.06 bits per heavy atom. The van der Waals surface area contributed by atoms with Crippen LogP contribution in [0.3, 0.4) is 0 Å². The zero-order chi connectivity index (χ0) is 22.0. The molecule has 6 rings (SSSR count). The highest BCUT2D eigenvalue weighted by Crippen LogP contribution is 2.24. The highest BCUT2D eigenvalue weighted by Gasteiger charge is 2.18. The first-order valence-electron chi connectivity index (χ1n) is 11.0. The number of hydrogen-bond donors (Lipinski definition) is 1. The Morgan fingerprint density at radius 3 is 2.79 bits per heavy atom. The first kappa shape index (κ1) is 19.6. The molecule has 1 N–H and O–H groups in total. The molecule has 4 aromatic heterocycles. The minimum Gasteiger partial charge on any atom is -0.378 e. The number of rotatable bonds is 5. The molecular weight excluding hydrogens is 414 g/mol. The largest absolute Gasteiger partial charge is 0.378 e. The average molecular weight is 438 g/mol. The van der Waals surface area contributed by atoms with Gasteiger partial charge in [-0.3, -0.25) is 9.98 Å². The second kappa shape index (κ2) is 8.48. The van der Waals surface area contributed by atoms with Gasteiger partial charge in [-0.1, -0.05) is 18.2 Å². The quantitative estimate of drug-likeness (QED) is 0.424. The van der Waals surface area contributed by atoms with Crippen molar-refractivity contribution in [1.29, 1.82) is 0 Å². The summed E-state index contributed by atoms with van der Waals surface area (Å²) < 4.78 is 7.48. The van der Waals surface area contributed by atoms with E-state index in [-0.39, 0.29) is 0 Å². The smallest absolute Gasteiger partial charge is 0.158 e. The number of benzene rings is 1. The first-order chi connectivity index (χ1) is 16.3. The summed E-state index contributed by atoms with van der Waals surface area (Å²) in [6.07, 6.45) is 7.46. The van der Waals surface area contributed by atoms with Crippen molar-refractivity contribution in [3.05, 3.63) is 78.4 Å². The number of nitrogens with zero attached hydrogens (tertiary/aromatic N) is 6. The molecular formula is C25H23N7O. The number of pyridine rings is 1. The van der Waals surface area contributed by atoms with Crippen molar-refractivity contribution in [2.24, 2.45) is 4.99 Å². The van der Waals surface area contributed by atoms with Crippen LogP contribution in [0.4, 0.5) is 5.82 Å². The van der Waals surface area contributed by atoms with Gasteiger partial charge in [0.1, 0.15) is 5.82 Å². The van der Waals surface area contributed by atoms with Crippen molar-refractivity contribution in [1.82, 2.24) is 24.6 Å². The molecule has 8 nitrogen and oxygen atoms in total. The molecule has 8 heteroatoms. The van der Waals surface area contributed by atoms with E-state index in [4.69, 9.17) is 19.8 Å². The van der Waals surface area contributed by atoms with E-state index in [0.29, 0.717) is 19.8 Å². The van der Waals surface area contributed by atoms with Crippen LogP contribution in [0.5, 0.6) is 0 Å². The molecule has 1 aliphatic rings. The summed E-state index contributed by atoms with van der Waals surface area (Å²) in [4.78, 5) is 19.3. The third-order valence-electron chi connectivity index (χ3n) is 5.88. The number of aromatic amines is 1. The number of nitrogens with one attached hydrogen (secondary N) is 1. The molecule has 5 aromatic rings. The second-order valence-corrected chi connectivity index (χ2v) is 8.00. The molecule has 0 bridgehead atoms. The van der Waals surface area contributed by atoms with Gasteiger partial charge < -0.3 is 14.6 Å². The maximum Gasteiger partial charge on any atom is 0.158 e. The second-order valence-electron chi connectivity index (χ2n) is 8.00. The fraction of sp³-hybridized carbons (Fsp3) is 0.200. The fourth-order valence-corrected chi connectivity index (χ4v) is 4.21. The molecule has 5 heterocycles. The van der Waals surface area contributed by atoms with E-state index in [0.717, 1.165) is 58.0 Å². The van der Waals surface area contributed by atoms with Gasteiger partial charge >= 0.3 is 0 Å². The Labute approximate surface area is 190 Å². The highest BCUT2D eigenvalue weighted by molar-refractivity contribution is 5.98. The average Bonchev–Trinajstić information content (AvgIpc) is 3.49. The van der Waals surface area contributed by atoms with Crippen LogP contribution >= 0.6 is 0 Å². The highest BCUT2D eigenvalue weighted by atomic mass is 16.5. The summed E-state index contributed by atoms with van der Waals surface area (Å²) in [7, 11) is 0. The van der Waals surface area contributed by atoms with E-state index in [1.807, 2.05) is 47.3 Å². The van der Waals surface area contributed by atoms with Gasteiger partial charge in [0.2, 0.25) is 0 Å². The first-order valence-corrected chi connectivity index (χ1v) is 11.0. The van der Waals surface area contributed by atoms with Crippen molar-refractivity contribution in [2.45, 2.75) is 6.54 Å². The Balaban J connectivity index is 1.36. The number of H-pyrrole nitrogens is 1. The maximum atomic E-state index is 5.56. The van der Waals surface area contributed by atoms with E-state index in [1.54, 1.807) is 12.4 Å². The van der Waals surface area contributed by atoms with E-state index in [1.165, 1.54) is 0 Å². The number of morpholine rings is 1. The number of aliphatic imine (C=N–C) groups is 1. The van der Waals surface area contributed by atoms with Crippen LogP contribution in [0.2, 0.25) is 0 Å². The summed E-state index contributed by atoms with van der Waals surface area (Å²) >= 11 is 0. The summed E-state index contributed by atoms with van der Waals surface area (Å²) in [5.41, 5.74) is 5.78. The van der Waals surface area contributed by atoms with Crippen molar-refractivity contribution < 1.29 is 4.74 Å². The molecule has 0 radical (unpaired) electrons. The molecule has 1 aliphatic heterocycles. The summed E-state index contributed by atoms with van der Waals surface area (Å²) in [6, 6.07) is 16.3. The van der Waals surface area contributed by atoms with Crippen molar-refractivity contribution in [3.8, 4) is 11.3 Å². The van der Waals surface area contributed by atoms with Gasteiger partial charge in [0.25, 0.3) is 0 Å². The minimum atomic E-state index is 0.489. The third-order valence-corrected chi connectivity index (χ3v) is 5.88. The lowest BCUT2D eigenvalue weighted by atomic mass is 10.2. The third kappa shape index (κ3) is 3.85. The van der Waals surface area contributed by atoms with Crippen LogP contribution in [-0.4, -0.2) is 57.1 Å². The molecule has 0 unspecified atom stereocenters. The number of anilines is 1. The van der Waals surface area contributed by atoms with E-state index >= 15 is 0 Å². The van der Waals surface area contributed by atoms with Crippen LogP contribution in [-0.2, 0) is 11.3 Å². The predicted molar refractivity (Wildman–Crippen MR) is 129 cm³/mol. The molecule has 0 aliphatic carbocycles. The van der Waals surface area contributed by atoms with Crippen LogP contribution in [0.1, 0.15) is 11.3 Å². The summed E-state index contributed by atoms with van der Waals surface area (Å²) in [5.74, 6) is 1.01. The Hall–Kier alpha value is -4.04. The summed E-state index contributed by atoms with van der Waals surface area (Å²) in [5, 5.41) is 6.02.